The zero-order chi connectivity index (χ0) is 14.0. The van der Waals surface area contributed by atoms with E-state index in [4.69, 9.17) is 5.84 Å². The number of imide groups is 1. The number of piperazine rings is 1. The topological polar surface area (TPSA) is 117 Å². The molecule has 1 aliphatic rings. The molecule has 0 aliphatic carbocycles. The van der Waals surface area contributed by atoms with E-state index in [-0.39, 0.29) is 18.7 Å². The molecule has 2 rings (SSSR count). The van der Waals surface area contributed by atoms with Crippen LogP contribution in [-0.2, 0) is 9.59 Å². The molecule has 0 aromatic carbocycles. The number of amides is 3. The lowest BCUT2D eigenvalue weighted by molar-refractivity contribution is -0.135. The third-order valence-corrected chi connectivity index (χ3v) is 2.66. The van der Waals surface area contributed by atoms with Crippen LogP contribution in [0.15, 0.2) is 12.3 Å². The van der Waals surface area contributed by atoms with Crippen molar-refractivity contribution < 1.29 is 14.4 Å². The summed E-state index contributed by atoms with van der Waals surface area (Å²) in [5.41, 5.74) is 3.71. The Kier molecular flexibility index (Phi) is 3.43. The molecule has 1 aromatic heterocycles. The Balaban J connectivity index is 2.28. The summed E-state index contributed by atoms with van der Waals surface area (Å²) in [6, 6.07) is 1.61. The van der Waals surface area contributed by atoms with Crippen LogP contribution in [0.2, 0.25) is 0 Å². The van der Waals surface area contributed by atoms with Crippen LogP contribution >= 0.6 is 0 Å². The number of nitrogens with zero attached hydrogens (tertiary/aromatic N) is 2. The number of anilines is 1. The summed E-state index contributed by atoms with van der Waals surface area (Å²) in [5, 5.41) is 2.13. The average Bonchev–Trinajstić information content (AvgIpc) is 2.36. The Morgan fingerprint density at radius 3 is 2.63 bits per heavy atom. The van der Waals surface area contributed by atoms with Gasteiger partial charge in [0.1, 0.15) is 13.1 Å². The first-order chi connectivity index (χ1) is 9.01. The van der Waals surface area contributed by atoms with Crippen LogP contribution in [0.5, 0.6) is 0 Å². The van der Waals surface area contributed by atoms with Gasteiger partial charge in [-0.15, -0.1) is 0 Å². The number of carbonyl (C=O) groups is 3. The normalized spacial score (nSPS) is 15.2. The Bertz CT molecular complexity index is 541. The number of nitrogens with one attached hydrogen (secondary N) is 2. The molecular weight excluding hydrogens is 250 g/mol. The summed E-state index contributed by atoms with van der Waals surface area (Å²) < 4.78 is 0. The minimum Gasteiger partial charge on any atom is -0.323 e. The average molecular weight is 263 g/mol. The highest BCUT2D eigenvalue weighted by Gasteiger charge is 2.28. The van der Waals surface area contributed by atoms with Crippen LogP contribution in [0.3, 0.4) is 0 Å². The fraction of sp³-hybridized carbons (Fsp3) is 0.273. The molecular formula is C11H13N5O3. The second-order valence-electron chi connectivity index (χ2n) is 4.15. The zero-order valence-electron chi connectivity index (χ0n) is 10.3. The molecule has 1 saturated heterocycles. The van der Waals surface area contributed by atoms with E-state index in [1.807, 2.05) is 0 Å². The predicted octanol–water partition coefficient (Wildman–Crippen LogP) is -1.23. The predicted molar refractivity (Wildman–Crippen MR) is 65.8 cm³/mol. The van der Waals surface area contributed by atoms with E-state index in [0.717, 1.165) is 4.90 Å². The highest BCUT2D eigenvalue weighted by Crippen LogP contribution is 2.17. The van der Waals surface area contributed by atoms with Gasteiger partial charge >= 0.3 is 0 Å². The van der Waals surface area contributed by atoms with Crippen molar-refractivity contribution in [2.24, 2.45) is 5.84 Å². The minimum atomic E-state index is -0.507. The van der Waals surface area contributed by atoms with Gasteiger partial charge in [0.25, 0.3) is 5.91 Å². The Morgan fingerprint density at radius 2 is 2.05 bits per heavy atom. The lowest BCUT2D eigenvalue weighted by atomic mass is 10.1. The summed E-state index contributed by atoms with van der Waals surface area (Å²) in [5.74, 6) is 3.86. The standard InChI is InChI=1S/C11H13N5O3/c1-6-2-8(15-12)7(3-13-6)11(19)16-4-9(17)14-10(18)5-16/h2-3H,4-5,12H2,1H3,(H,13,15)(H,14,17,18). The first-order valence-corrected chi connectivity index (χ1v) is 5.56. The van der Waals surface area contributed by atoms with Crippen molar-refractivity contribution in [2.45, 2.75) is 6.92 Å². The summed E-state index contributed by atoms with van der Waals surface area (Å²) >= 11 is 0. The molecule has 0 unspecified atom stereocenters. The summed E-state index contributed by atoms with van der Waals surface area (Å²) in [4.78, 5) is 39.9. The number of hydrogen-bond donors (Lipinski definition) is 3. The highest BCUT2D eigenvalue weighted by atomic mass is 16.2. The molecule has 8 nitrogen and oxygen atoms in total. The number of aryl methyl sites for hydroxylation is 1. The molecule has 0 radical (unpaired) electrons. The van der Waals surface area contributed by atoms with Crippen molar-refractivity contribution in [2.75, 3.05) is 18.5 Å². The Hall–Kier alpha value is -2.48. The van der Waals surface area contributed by atoms with E-state index in [2.05, 4.69) is 15.7 Å². The van der Waals surface area contributed by atoms with Gasteiger partial charge in [0.05, 0.1) is 11.3 Å². The van der Waals surface area contributed by atoms with Crippen LogP contribution in [0.25, 0.3) is 0 Å². The van der Waals surface area contributed by atoms with E-state index in [1.165, 1.54) is 6.20 Å². The molecule has 100 valence electrons. The van der Waals surface area contributed by atoms with Crippen molar-refractivity contribution in [3.05, 3.63) is 23.5 Å². The number of hydrazine groups is 1. The summed E-state index contributed by atoms with van der Waals surface area (Å²) in [6.45, 7) is 1.43. The fourth-order valence-electron chi connectivity index (χ4n) is 1.80. The molecule has 1 aliphatic heterocycles. The molecule has 4 N–H and O–H groups in total. The van der Waals surface area contributed by atoms with Crippen LogP contribution in [0.1, 0.15) is 16.1 Å². The van der Waals surface area contributed by atoms with Crippen molar-refractivity contribution in [3.63, 3.8) is 0 Å². The van der Waals surface area contributed by atoms with E-state index in [0.29, 0.717) is 11.4 Å². The van der Waals surface area contributed by atoms with Gasteiger partial charge in [-0.25, -0.2) is 0 Å². The molecule has 19 heavy (non-hydrogen) atoms. The second-order valence-corrected chi connectivity index (χ2v) is 4.15. The maximum atomic E-state index is 12.2. The van der Waals surface area contributed by atoms with Gasteiger partial charge in [0.2, 0.25) is 11.8 Å². The van der Waals surface area contributed by atoms with Crippen LogP contribution < -0.4 is 16.6 Å². The van der Waals surface area contributed by atoms with Crippen LogP contribution in [-0.4, -0.2) is 40.7 Å². The van der Waals surface area contributed by atoms with Crippen LogP contribution in [0.4, 0.5) is 5.69 Å². The smallest absolute Gasteiger partial charge is 0.258 e. The van der Waals surface area contributed by atoms with Gasteiger partial charge < -0.3 is 10.3 Å². The maximum Gasteiger partial charge on any atom is 0.258 e. The molecule has 8 heteroatoms. The Labute approximate surface area is 108 Å². The van der Waals surface area contributed by atoms with Crippen molar-refractivity contribution in [1.82, 2.24) is 15.2 Å². The Morgan fingerprint density at radius 1 is 1.42 bits per heavy atom. The molecule has 1 fully saturated rings. The number of aromatic nitrogens is 1. The molecule has 0 atom stereocenters. The SMILES string of the molecule is Cc1cc(NN)c(C(=O)N2CC(=O)NC(=O)C2)cn1. The molecule has 1 aromatic rings. The van der Waals surface area contributed by atoms with E-state index >= 15 is 0 Å². The summed E-state index contributed by atoms with van der Waals surface area (Å²) in [6.07, 6.45) is 1.36. The van der Waals surface area contributed by atoms with Crippen molar-refractivity contribution in [1.29, 1.82) is 0 Å². The molecule has 0 saturated carbocycles. The van der Waals surface area contributed by atoms with E-state index in [1.54, 1.807) is 13.0 Å². The number of nitrogens with two attached hydrogens (primary N) is 1. The third-order valence-electron chi connectivity index (χ3n) is 2.66. The monoisotopic (exact) mass is 263 g/mol. The zero-order valence-corrected chi connectivity index (χ0v) is 10.3. The molecule has 0 spiro atoms. The number of carbonyl (C=O) groups excluding carboxylic acids is 3. The van der Waals surface area contributed by atoms with Crippen molar-refractivity contribution >= 4 is 23.4 Å². The van der Waals surface area contributed by atoms with E-state index < -0.39 is 17.7 Å². The fourth-order valence-corrected chi connectivity index (χ4v) is 1.80. The maximum absolute atomic E-state index is 12.2. The van der Waals surface area contributed by atoms with Gasteiger partial charge in [-0.1, -0.05) is 0 Å². The molecule has 0 bridgehead atoms. The largest absolute Gasteiger partial charge is 0.323 e. The minimum absolute atomic E-state index is 0.164. The molecule has 3 amide bonds. The van der Waals surface area contributed by atoms with Gasteiger partial charge in [-0.05, 0) is 13.0 Å². The van der Waals surface area contributed by atoms with E-state index in [9.17, 15) is 14.4 Å². The van der Waals surface area contributed by atoms with Gasteiger partial charge in [0.15, 0.2) is 0 Å². The van der Waals surface area contributed by atoms with Gasteiger partial charge in [0, 0.05) is 11.9 Å². The van der Waals surface area contributed by atoms with Crippen molar-refractivity contribution in [3.8, 4) is 0 Å². The lowest BCUT2D eigenvalue weighted by Crippen LogP contribution is -2.53. The third kappa shape index (κ3) is 2.68. The number of pyridine rings is 1. The van der Waals surface area contributed by atoms with Crippen LogP contribution in [0, 0.1) is 6.92 Å². The molecule has 2 heterocycles. The van der Waals surface area contributed by atoms with Gasteiger partial charge in [-0.3, -0.25) is 30.5 Å². The number of rotatable bonds is 2. The van der Waals surface area contributed by atoms with Gasteiger partial charge in [-0.2, -0.15) is 0 Å². The quantitative estimate of drug-likeness (QED) is 0.349. The highest BCUT2D eigenvalue weighted by molar-refractivity contribution is 6.07. The first kappa shape index (κ1) is 13.0. The summed E-state index contributed by atoms with van der Waals surface area (Å²) in [7, 11) is 0. The lowest BCUT2D eigenvalue weighted by Gasteiger charge is -2.26. The number of nitrogen functional groups attached to an aromatic ring is 1. The second kappa shape index (κ2) is 5.02. The number of hydrogen-bond acceptors (Lipinski definition) is 6. The first-order valence-electron chi connectivity index (χ1n) is 5.56.